The van der Waals surface area contributed by atoms with Crippen LogP contribution in [0.15, 0.2) is 12.4 Å². The van der Waals surface area contributed by atoms with Gasteiger partial charge in [-0.3, -0.25) is 0 Å². The molecule has 0 bridgehead atoms. The first-order valence-electron chi connectivity index (χ1n) is 5.89. The Morgan fingerprint density at radius 3 is 2.88 bits per heavy atom. The molecule has 1 aromatic heterocycles. The summed E-state index contributed by atoms with van der Waals surface area (Å²) in [5.41, 5.74) is 1.44. The van der Waals surface area contributed by atoms with E-state index < -0.39 is 0 Å². The summed E-state index contributed by atoms with van der Waals surface area (Å²) in [4.78, 5) is 8.45. The summed E-state index contributed by atoms with van der Waals surface area (Å²) in [6.07, 6.45) is 6.22. The lowest BCUT2D eigenvalue weighted by atomic mass is 10.1. The molecule has 1 saturated carbocycles. The molecular formula is C12H18ClN3. The van der Waals surface area contributed by atoms with Crippen molar-refractivity contribution in [3.05, 3.63) is 18.1 Å². The van der Waals surface area contributed by atoms with Gasteiger partial charge in [0.05, 0.1) is 0 Å². The summed E-state index contributed by atoms with van der Waals surface area (Å²) < 4.78 is 0. The Balaban J connectivity index is 1.91. The summed E-state index contributed by atoms with van der Waals surface area (Å²) in [7, 11) is 0. The maximum Gasteiger partial charge on any atom is 0.129 e. The molecule has 0 aliphatic heterocycles. The molecule has 16 heavy (non-hydrogen) atoms. The van der Waals surface area contributed by atoms with Crippen LogP contribution in [0, 0.1) is 5.41 Å². The second-order valence-corrected chi connectivity index (χ2v) is 4.90. The maximum absolute atomic E-state index is 5.93. The molecule has 0 radical (unpaired) electrons. The first-order valence-corrected chi connectivity index (χ1v) is 6.42. The molecule has 0 spiro atoms. The van der Waals surface area contributed by atoms with Gasteiger partial charge in [0, 0.05) is 29.6 Å². The fourth-order valence-corrected chi connectivity index (χ4v) is 2.06. The average Bonchev–Trinajstić information content (AvgIpc) is 3.08. The molecular weight excluding hydrogens is 222 g/mol. The van der Waals surface area contributed by atoms with E-state index in [-0.39, 0.29) is 0 Å². The predicted molar refractivity (Wildman–Crippen MR) is 66.9 cm³/mol. The molecule has 0 aromatic carbocycles. The number of hydrogen-bond donors (Lipinski definition) is 1. The monoisotopic (exact) mass is 239 g/mol. The van der Waals surface area contributed by atoms with Crippen LogP contribution in [0.1, 0.15) is 31.9 Å². The maximum atomic E-state index is 5.93. The minimum atomic E-state index is 0.331. The van der Waals surface area contributed by atoms with Gasteiger partial charge in [-0.1, -0.05) is 13.3 Å². The van der Waals surface area contributed by atoms with E-state index in [0.29, 0.717) is 5.41 Å². The van der Waals surface area contributed by atoms with Gasteiger partial charge in [-0.2, -0.15) is 0 Å². The van der Waals surface area contributed by atoms with E-state index in [4.69, 9.17) is 11.6 Å². The normalized spacial score (nSPS) is 17.1. The van der Waals surface area contributed by atoms with Crippen molar-refractivity contribution in [3.63, 3.8) is 0 Å². The molecule has 0 atom stereocenters. The van der Waals surface area contributed by atoms with Gasteiger partial charge >= 0.3 is 0 Å². The number of nitrogens with zero attached hydrogens (tertiary/aromatic N) is 2. The van der Waals surface area contributed by atoms with Crippen molar-refractivity contribution >= 4 is 17.4 Å². The Labute approximate surface area is 102 Å². The molecule has 2 rings (SSSR count). The molecule has 1 aromatic rings. The van der Waals surface area contributed by atoms with Crippen LogP contribution in [0.2, 0.25) is 0 Å². The Morgan fingerprint density at radius 2 is 2.25 bits per heavy atom. The van der Waals surface area contributed by atoms with Crippen molar-refractivity contribution < 1.29 is 0 Å². The summed E-state index contributed by atoms with van der Waals surface area (Å²) in [6, 6.07) is 2.04. The zero-order valence-electron chi connectivity index (χ0n) is 9.67. The first-order chi connectivity index (χ1) is 7.78. The molecule has 0 unspecified atom stereocenters. The first kappa shape index (κ1) is 11.6. The predicted octanol–water partition coefficient (Wildman–Crippen LogP) is 2.86. The molecule has 1 fully saturated rings. The number of aryl methyl sites for hydroxylation is 1. The van der Waals surface area contributed by atoms with Crippen molar-refractivity contribution in [2.45, 2.75) is 32.6 Å². The Bertz CT molecular complexity index is 350. The van der Waals surface area contributed by atoms with Crippen LogP contribution in [0.25, 0.3) is 0 Å². The van der Waals surface area contributed by atoms with Crippen molar-refractivity contribution in [2.75, 3.05) is 17.7 Å². The van der Waals surface area contributed by atoms with Crippen molar-refractivity contribution in [2.24, 2.45) is 5.41 Å². The van der Waals surface area contributed by atoms with Crippen LogP contribution in [0.3, 0.4) is 0 Å². The second kappa shape index (κ2) is 5.00. The fourth-order valence-electron chi connectivity index (χ4n) is 1.70. The van der Waals surface area contributed by atoms with Crippen molar-refractivity contribution in [1.29, 1.82) is 0 Å². The van der Waals surface area contributed by atoms with E-state index in [0.717, 1.165) is 36.8 Å². The van der Waals surface area contributed by atoms with Crippen molar-refractivity contribution in [1.82, 2.24) is 9.97 Å². The number of hydrogen-bond acceptors (Lipinski definition) is 3. The highest BCUT2D eigenvalue weighted by atomic mass is 35.5. The van der Waals surface area contributed by atoms with E-state index in [2.05, 4.69) is 22.2 Å². The molecule has 1 heterocycles. The van der Waals surface area contributed by atoms with E-state index in [1.165, 1.54) is 12.8 Å². The highest BCUT2D eigenvalue weighted by molar-refractivity contribution is 6.18. The summed E-state index contributed by atoms with van der Waals surface area (Å²) in [5.74, 6) is 1.67. The summed E-state index contributed by atoms with van der Waals surface area (Å²) in [6.45, 7) is 3.08. The highest BCUT2D eigenvalue weighted by Crippen LogP contribution is 2.46. The van der Waals surface area contributed by atoms with E-state index >= 15 is 0 Å². The largest absolute Gasteiger partial charge is 0.369 e. The van der Waals surface area contributed by atoms with Gasteiger partial charge in [0.2, 0.25) is 0 Å². The van der Waals surface area contributed by atoms with Gasteiger partial charge in [-0.25, -0.2) is 9.97 Å². The van der Waals surface area contributed by atoms with Crippen LogP contribution in [0.4, 0.5) is 5.82 Å². The van der Waals surface area contributed by atoms with E-state index in [1.54, 1.807) is 6.33 Å². The van der Waals surface area contributed by atoms with Crippen molar-refractivity contribution in [3.8, 4) is 0 Å². The number of nitrogens with one attached hydrogen (secondary N) is 1. The van der Waals surface area contributed by atoms with E-state index in [1.807, 2.05) is 6.07 Å². The third-order valence-electron chi connectivity index (χ3n) is 3.11. The number of rotatable bonds is 6. The fraction of sp³-hybridized carbons (Fsp3) is 0.667. The summed E-state index contributed by atoms with van der Waals surface area (Å²) >= 11 is 5.93. The Hall–Kier alpha value is -0.830. The second-order valence-electron chi connectivity index (χ2n) is 4.63. The van der Waals surface area contributed by atoms with Gasteiger partial charge in [-0.15, -0.1) is 11.6 Å². The number of alkyl halides is 1. The lowest BCUT2D eigenvalue weighted by molar-refractivity contribution is 0.617. The lowest BCUT2D eigenvalue weighted by Crippen LogP contribution is -2.17. The third-order valence-corrected chi connectivity index (χ3v) is 3.68. The minimum Gasteiger partial charge on any atom is -0.369 e. The highest BCUT2D eigenvalue weighted by Gasteiger charge is 2.41. The molecule has 4 heteroatoms. The zero-order chi connectivity index (χ0) is 11.4. The smallest absolute Gasteiger partial charge is 0.129 e. The van der Waals surface area contributed by atoms with Crippen LogP contribution in [0.5, 0.6) is 0 Å². The van der Waals surface area contributed by atoms with Gasteiger partial charge in [0.1, 0.15) is 12.1 Å². The van der Waals surface area contributed by atoms with Gasteiger partial charge in [0.15, 0.2) is 0 Å². The third kappa shape index (κ3) is 2.85. The van der Waals surface area contributed by atoms with Crippen LogP contribution >= 0.6 is 11.6 Å². The number of anilines is 1. The molecule has 0 saturated heterocycles. The molecule has 1 aliphatic rings. The van der Waals surface area contributed by atoms with Crippen LogP contribution in [-0.4, -0.2) is 22.4 Å². The SMILES string of the molecule is CCCc1cc(NCC2(CCl)CC2)ncn1. The Kier molecular flexibility index (Phi) is 3.64. The number of aromatic nitrogens is 2. The van der Waals surface area contributed by atoms with Gasteiger partial charge in [-0.05, 0) is 19.3 Å². The molecule has 1 aliphatic carbocycles. The molecule has 3 nitrogen and oxygen atoms in total. The van der Waals surface area contributed by atoms with Crippen LogP contribution < -0.4 is 5.32 Å². The van der Waals surface area contributed by atoms with E-state index in [9.17, 15) is 0 Å². The molecule has 1 N–H and O–H groups in total. The molecule has 88 valence electrons. The average molecular weight is 240 g/mol. The van der Waals surface area contributed by atoms with Gasteiger partial charge < -0.3 is 5.32 Å². The summed E-state index contributed by atoms with van der Waals surface area (Å²) in [5, 5.41) is 3.36. The minimum absolute atomic E-state index is 0.331. The zero-order valence-corrected chi connectivity index (χ0v) is 10.4. The number of halogens is 1. The topological polar surface area (TPSA) is 37.8 Å². The standard InChI is InChI=1S/C12H18ClN3/c1-2-3-10-6-11(16-9-15-10)14-8-12(7-13)4-5-12/h6,9H,2-5,7-8H2,1H3,(H,14,15,16). The lowest BCUT2D eigenvalue weighted by Gasteiger charge is -2.13. The van der Waals surface area contributed by atoms with Gasteiger partial charge in [0.25, 0.3) is 0 Å². The molecule has 0 amide bonds. The van der Waals surface area contributed by atoms with Crippen LogP contribution in [-0.2, 0) is 6.42 Å². The Morgan fingerprint density at radius 1 is 1.44 bits per heavy atom. The quantitative estimate of drug-likeness (QED) is 0.776.